The molecule has 6 nitrogen and oxygen atoms in total. The summed E-state index contributed by atoms with van der Waals surface area (Å²) in [5.74, 6) is -2.87. The van der Waals surface area contributed by atoms with Crippen molar-refractivity contribution in [2.24, 2.45) is 10.9 Å². The molecule has 166 valence electrons. The van der Waals surface area contributed by atoms with Gasteiger partial charge in [-0.05, 0) is 47.9 Å². The van der Waals surface area contributed by atoms with Crippen molar-refractivity contribution >= 4 is 23.5 Å². The Kier molecular flexibility index (Phi) is 7.53. The Morgan fingerprint density at radius 2 is 1.94 bits per heavy atom. The number of hydrogen-bond acceptors (Lipinski definition) is 3. The summed E-state index contributed by atoms with van der Waals surface area (Å²) < 4.78 is 40.3. The van der Waals surface area contributed by atoms with Crippen LogP contribution < -0.4 is 21.5 Å². The van der Waals surface area contributed by atoms with Crippen LogP contribution in [0.25, 0.3) is 0 Å². The van der Waals surface area contributed by atoms with Gasteiger partial charge in [-0.25, -0.2) is 24.0 Å². The van der Waals surface area contributed by atoms with E-state index in [2.05, 4.69) is 26.5 Å². The minimum absolute atomic E-state index is 0.0747. The molecule has 1 aliphatic rings. The third-order valence-corrected chi connectivity index (χ3v) is 4.78. The normalized spacial score (nSPS) is 19.0. The zero-order valence-corrected chi connectivity index (χ0v) is 17.7. The summed E-state index contributed by atoms with van der Waals surface area (Å²) in [7, 11) is 0. The Labute approximate surface area is 183 Å². The molecule has 0 aromatic heterocycles. The second kappa shape index (κ2) is 10.1. The van der Waals surface area contributed by atoms with E-state index in [9.17, 15) is 18.0 Å². The molecule has 0 bridgehead atoms. The van der Waals surface area contributed by atoms with E-state index in [0.29, 0.717) is 23.6 Å². The van der Waals surface area contributed by atoms with Crippen LogP contribution in [-0.4, -0.2) is 24.6 Å². The van der Waals surface area contributed by atoms with Gasteiger partial charge in [0.15, 0.2) is 11.6 Å². The molecule has 0 aliphatic carbocycles. The van der Waals surface area contributed by atoms with E-state index in [1.54, 1.807) is 6.07 Å². The molecule has 2 atom stereocenters. The van der Waals surface area contributed by atoms with Gasteiger partial charge in [-0.3, -0.25) is 4.79 Å². The third-order valence-electron chi connectivity index (χ3n) is 4.56. The Morgan fingerprint density at radius 1 is 1.16 bits per heavy atom. The van der Waals surface area contributed by atoms with Gasteiger partial charge < -0.3 is 10.6 Å². The SMILES string of the molecule is CC(C)CN/C(=N/C(=O)c1ccc(F)c(F)c1)NC1CC(c2cc(F)cc(Cl)c2)NN1. The highest BCUT2D eigenvalue weighted by Crippen LogP contribution is 2.25. The highest BCUT2D eigenvalue weighted by atomic mass is 35.5. The van der Waals surface area contributed by atoms with Gasteiger partial charge in [0.2, 0.25) is 5.96 Å². The van der Waals surface area contributed by atoms with Crippen molar-refractivity contribution in [2.75, 3.05) is 6.54 Å². The summed E-state index contributed by atoms with van der Waals surface area (Å²) in [5.41, 5.74) is 6.67. The number of hydrazine groups is 1. The lowest BCUT2D eigenvalue weighted by Gasteiger charge is -2.18. The van der Waals surface area contributed by atoms with Gasteiger partial charge in [-0.15, -0.1) is 0 Å². The predicted octanol–water partition coefficient (Wildman–Crippen LogP) is 3.65. The third kappa shape index (κ3) is 6.43. The monoisotopic (exact) mass is 453 g/mol. The molecule has 1 heterocycles. The molecule has 4 N–H and O–H groups in total. The number of hydrogen-bond donors (Lipinski definition) is 4. The topological polar surface area (TPSA) is 77.5 Å². The van der Waals surface area contributed by atoms with Crippen LogP contribution in [0.4, 0.5) is 13.2 Å². The van der Waals surface area contributed by atoms with Crippen LogP contribution >= 0.6 is 11.6 Å². The molecule has 0 radical (unpaired) electrons. The van der Waals surface area contributed by atoms with Crippen LogP contribution in [0.1, 0.15) is 42.2 Å². The Bertz CT molecular complexity index is 965. The van der Waals surface area contributed by atoms with Crippen molar-refractivity contribution in [3.05, 3.63) is 70.0 Å². The zero-order valence-electron chi connectivity index (χ0n) is 17.0. The molecule has 31 heavy (non-hydrogen) atoms. The van der Waals surface area contributed by atoms with Crippen LogP contribution in [0.2, 0.25) is 5.02 Å². The van der Waals surface area contributed by atoms with Crippen molar-refractivity contribution in [1.82, 2.24) is 21.5 Å². The Hall–Kier alpha value is -2.62. The van der Waals surface area contributed by atoms with Crippen LogP contribution in [-0.2, 0) is 0 Å². The van der Waals surface area contributed by atoms with Gasteiger partial charge in [-0.1, -0.05) is 25.4 Å². The number of amides is 1. The average molecular weight is 454 g/mol. The molecule has 0 spiro atoms. The van der Waals surface area contributed by atoms with Gasteiger partial charge in [0.1, 0.15) is 5.82 Å². The smallest absolute Gasteiger partial charge is 0.280 e. The number of carbonyl (C=O) groups is 1. The minimum Gasteiger partial charge on any atom is -0.356 e. The largest absolute Gasteiger partial charge is 0.356 e. The van der Waals surface area contributed by atoms with Crippen LogP contribution in [0, 0.1) is 23.4 Å². The molecule has 2 aromatic carbocycles. The number of nitrogens with zero attached hydrogens (tertiary/aromatic N) is 1. The van der Waals surface area contributed by atoms with Gasteiger partial charge in [0.25, 0.3) is 5.91 Å². The van der Waals surface area contributed by atoms with Gasteiger partial charge in [0, 0.05) is 29.6 Å². The van der Waals surface area contributed by atoms with Crippen molar-refractivity contribution in [3.8, 4) is 0 Å². The molecule has 1 fully saturated rings. The molecule has 1 amide bonds. The van der Waals surface area contributed by atoms with E-state index in [1.807, 2.05) is 13.8 Å². The summed E-state index contributed by atoms with van der Waals surface area (Å²) in [6, 6.07) is 6.93. The average Bonchev–Trinajstić information content (AvgIpc) is 3.16. The van der Waals surface area contributed by atoms with E-state index in [1.165, 1.54) is 18.2 Å². The molecule has 3 rings (SSSR count). The maximum absolute atomic E-state index is 13.7. The molecule has 2 aromatic rings. The van der Waals surface area contributed by atoms with Gasteiger partial charge in [0.05, 0.1) is 6.17 Å². The van der Waals surface area contributed by atoms with Crippen LogP contribution in [0.5, 0.6) is 0 Å². The number of halogens is 4. The standard InChI is InChI=1S/C21H23ClF3N5O/c1-11(2)10-26-21(28-20(31)12-3-4-16(24)17(25)7-12)27-19-9-18(29-30-19)13-5-14(22)8-15(23)6-13/h3-8,11,18-19,29-30H,9-10H2,1-2H3,(H2,26,27,28,31). The van der Waals surface area contributed by atoms with E-state index >= 15 is 0 Å². The van der Waals surface area contributed by atoms with E-state index in [0.717, 1.165) is 12.1 Å². The van der Waals surface area contributed by atoms with Crippen molar-refractivity contribution in [3.63, 3.8) is 0 Å². The van der Waals surface area contributed by atoms with E-state index < -0.39 is 23.4 Å². The first-order valence-electron chi connectivity index (χ1n) is 9.77. The minimum atomic E-state index is -1.12. The molecular weight excluding hydrogens is 431 g/mol. The highest BCUT2D eigenvalue weighted by Gasteiger charge is 2.26. The second-order valence-corrected chi connectivity index (χ2v) is 8.08. The van der Waals surface area contributed by atoms with Crippen molar-refractivity contribution < 1.29 is 18.0 Å². The number of guanidine groups is 1. The quantitative estimate of drug-likeness (QED) is 0.410. The fourth-order valence-electron chi connectivity index (χ4n) is 3.03. The predicted molar refractivity (Wildman–Crippen MR) is 113 cm³/mol. The molecule has 0 saturated carbocycles. The first-order chi connectivity index (χ1) is 14.7. The summed E-state index contributed by atoms with van der Waals surface area (Å²) in [6.45, 7) is 4.50. The Morgan fingerprint density at radius 3 is 2.61 bits per heavy atom. The summed E-state index contributed by atoms with van der Waals surface area (Å²) in [6.07, 6.45) is 0.157. The maximum atomic E-state index is 13.7. The summed E-state index contributed by atoms with van der Waals surface area (Å²) >= 11 is 5.94. The van der Waals surface area contributed by atoms with Crippen molar-refractivity contribution in [1.29, 1.82) is 0 Å². The van der Waals surface area contributed by atoms with Gasteiger partial charge in [-0.2, -0.15) is 4.99 Å². The molecular formula is C21H23ClF3N5O. The number of benzene rings is 2. The Balaban J connectivity index is 1.72. The number of aliphatic imine (C=N–C) groups is 1. The zero-order chi connectivity index (χ0) is 22.5. The fourth-order valence-corrected chi connectivity index (χ4v) is 3.26. The van der Waals surface area contributed by atoms with Crippen molar-refractivity contribution in [2.45, 2.75) is 32.5 Å². The van der Waals surface area contributed by atoms with Gasteiger partial charge >= 0.3 is 0 Å². The lowest BCUT2D eigenvalue weighted by atomic mass is 10.0. The first-order valence-corrected chi connectivity index (χ1v) is 10.1. The first kappa shape index (κ1) is 23.1. The van der Waals surface area contributed by atoms with Crippen LogP contribution in [0.3, 0.4) is 0 Å². The molecule has 1 aliphatic heterocycles. The lowest BCUT2D eigenvalue weighted by Crippen LogP contribution is -2.50. The maximum Gasteiger partial charge on any atom is 0.280 e. The molecule has 1 saturated heterocycles. The van der Waals surface area contributed by atoms with E-state index in [4.69, 9.17) is 11.6 Å². The van der Waals surface area contributed by atoms with E-state index in [-0.39, 0.29) is 29.6 Å². The summed E-state index contributed by atoms with van der Waals surface area (Å²) in [5, 5.41) is 6.42. The van der Waals surface area contributed by atoms with Crippen LogP contribution in [0.15, 0.2) is 41.4 Å². The number of nitrogens with one attached hydrogen (secondary N) is 4. The number of rotatable bonds is 5. The number of carbonyl (C=O) groups excluding carboxylic acids is 1. The lowest BCUT2D eigenvalue weighted by molar-refractivity contribution is 0.100. The highest BCUT2D eigenvalue weighted by molar-refractivity contribution is 6.30. The summed E-state index contributed by atoms with van der Waals surface area (Å²) in [4.78, 5) is 16.4. The second-order valence-electron chi connectivity index (χ2n) is 7.65. The molecule has 2 unspecified atom stereocenters. The molecule has 10 heteroatoms. The fraction of sp³-hybridized carbons (Fsp3) is 0.333.